The highest BCUT2D eigenvalue weighted by atomic mass is 16.5. The average Bonchev–Trinajstić information content (AvgIpc) is 3.65. The number of phenolic OH excluding ortho intramolecular Hbond substituents is 1. The number of carbonyl (C=O) groups excluding carboxylic acids is 1. The van der Waals surface area contributed by atoms with Gasteiger partial charge in [-0.25, -0.2) is 0 Å². The number of ether oxygens (including phenoxy) is 1. The molecular formula is C30H29N3O5. The summed E-state index contributed by atoms with van der Waals surface area (Å²) < 4.78 is 6.28. The van der Waals surface area contributed by atoms with Crippen LogP contribution in [0.3, 0.4) is 0 Å². The maximum absolute atomic E-state index is 13.7. The summed E-state index contributed by atoms with van der Waals surface area (Å²) in [7, 11) is 0. The van der Waals surface area contributed by atoms with Gasteiger partial charge in [-0.1, -0.05) is 24.3 Å². The van der Waals surface area contributed by atoms with E-state index in [1.54, 1.807) is 12.3 Å². The number of hydrogen-bond donors (Lipinski definition) is 4. The third kappa shape index (κ3) is 2.82. The molecule has 3 heterocycles. The zero-order valence-corrected chi connectivity index (χ0v) is 20.9. The van der Waals surface area contributed by atoms with E-state index < -0.39 is 23.0 Å². The van der Waals surface area contributed by atoms with Crippen molar-refractivity contribution in [2.45, 2.75) is 55.3 Å². The molecule has 3 aromatic rings. The molecule has 0 radical (unpaired) electrons. The van der Waals surface area contributed by atoms with Crippen molar-refractivity contribution in [1.82, 2.24) is 9.88 Å². The number of amides is 1. The minimum atomic E-state index is -1.34. The van der Waals surface area contributed by atoms with Gasteiger partial charge in [-0.15, -0.1) is 0 Å². The number of anilines is 1. The molecular weight excluding hydrogens is 482 g/mol. The van der Waals surface area contributed by atoms with Crippen LogP contribution >= 0.6 is 0 Å². The summed E-state index contributed by atoms with van der Waals surface area (Å²) in [6.45, 7) is 1.70. The first-order valence-corrected chi connectivity index (χ1v) is 13.5. The van der Waals surface area contributed by atoms with Gasteiger partial charge in [0.05, 0.1) is 34.0 Å². The van der Waals surface area contributed by atoms with Crippen molar-refractivity contribution in [2.24, 2.45) is 5.92 Å². The smallest absolute Gasteiger partial charge is 0.255 e. The zero-order chi connectivity index (χ0) is 25.8. The van der Waals surface area contributed by atoms with E-state index in [9.17, 15) is 20.1 Å². The van der Waals surface area contributed by atoms with Crippen LogP contribution in [0.25, 0.3) is 10.9 Å². The zero-order valence-electron chi connectivity index (χ0n) is 20.9. The second-order valence-electron chi connectivity index (χ2n) is 11.7. The quantitative estimate of drug-likeness (QED) is 0.423. The van der Waals surface area contributed by atoms with Crippen molar-refractivity contribution in [2.75, 3.05) is 18.4 Å². The predicted octanol–water partition coefficient (Wildman–Crippen LogP) is 3.57. The van der Waals surface area contributed by atoms with Gasteiger partial charge in [-0.05, 0) is 61.9 Å². The first kappa shape index (κ1) is 22.4. The van der Waals surface area contributed by atoms with Gasteiger partial charge in [0.15, 0.2) is 17.6 Å². The molecule has 4 atom stereocenters. The van der Waals surface area contributed by atoms with Gasteiger partial charge in [0.25, 0.3) is 5.91 Å². The van der Waals surface area contributed by atoms with E-state index in [2.05, 4.69) is 15.2 Å². The van der Waals surface area contributed by atoms with Gasteiger partial charge >= 0.3 is 0 Å². The molecule has 2 aromatic carbocycles. The number of hydrogen-bond acceptors (Lipinski definition) is 7. The van der Waals surface area contributed by atoms with Crippen LogP contribution in [0.1, 0.15) is 36.8 Å². The lowest BCUT2D eigenvalue weighted by Gasteiger charge is -2.62. The summed E-state index contributed by atoms with van der Waals surface area (Å²) in [5.74, 6) is 0.320. The Morgan fingerprint density at radius 3 is 2.87 bits per heavy atom. The summed E-state index contributed by atoms with van der Waals surface area (Å²) in [6, 6.07) is 12.8. The highest BCUT2D eigenvalue weighted by Gasteiger charge is 2.73. The number of aromatic nitrogens is 1. The number of para-hydroxylation sites is 1. The second kappa shape index (κ2) is 7.48. The molecule has 8 nitrogen and oxygen atoms in total. The normalized spacial score (nSPS) is 31.2. The molecule has 4 N–H and O–H groups in total. The van der Waals surface area contributed by atoms with Crippen molar-refractivity contribution in [1.29, 1.82) is 0 Å². The van der Waals surface area contributed by atoms with E-state index in [0.29, 0.717) is 30.2 Å². The van der Waals surface area contributed by atoms with Crippen molar-refractivity contribution in [3.63, 3.8) is 0 Å². The lowest BCUT2D eigenvalue weighted by atomic mass is 9.49. The van der Waals surface area contributed by atoms with Gasteiger partial charge in [0.1, 0.15) is 5.76 Å². The minimum absolute atomic E-state index is 0.00484. The summed E-state index contributed by atoms with van der Waals surface area (Å²) >= 11 is 0. The topological polar surface area (TPSA) is 115 Å². The average molecular weight is 512 g/mol. The van der Waals surface area contributed by atoms with E-state index in [-0.39, 0.29) is 29.5 Å². The largest absolute Gasteiger partial charge is 0.508 e. The van der Waals surface area contributed by atoms with Gasteiger partial charge in [-0.2, -0.15) is 0 Å². The van der Waals surface area contributed by atoms with Crippen molar-refractivity contribution < 1.29 is 24.9 Å². The number of nitrogens with one attached hydrogen (secondary N) is 1. The molecule has 1 saturated heterocycles. The van der Waals surface area contributed by atoms with E-state index in [1.165, 1.54) is 12.8 Å². The first-order valence-electron chi connectivity index (χ1n) is 13.5. The Kier molecular flexibility index (Phi) is 4.41. The van der Waals surface area contributed by atoms with Gasteiger partial charge in [0, 0.05) is 30.0 Å². The van der Waals surface area contributed by atoms with Crippen LogP contribution in [0.2, 0.25) is 0 Å². The van der Waals surface area contributed by atoms with Crippen LogP contribution in [0, 0.1) is 5.92 Å². The Morgan fingerprint density at radius 2 is 2.03 bits per heavy atom. The number of rotatable bonds is 4. The lowest BCUT2D eigenvalue weighted by Crippen LogP contribution is -2.75. The highest BCUT2D eigenvalue weighted by Crippen LogP contribution is 2.66. The summed E-state index contributed by atoms with van der Waals surface area (Å²) in [5, 5.41) is 38.8. The van der Waals surface area contributed by atoms with Crippen molar-refractivity contribution in [3.05, 3.63) is 71.1 Å². The molecule has 8 rings (SSSR count). The number of benzene rings is 2. The van der Waals surface area contributed by atoms with E-state index in [0.717, 1.165) is 35.1 Å². The number of fused-ring (bicyclic) bond motifs is 1. The van der Waals surface area contributed by atoms with Gasteiger partial charge in [-0.3, -0.25) is 14.7 Å². The second-order valence-corrected chi connectivity index (χ2v) is 11.7. The number of aliphatic hydroxyl groups is 2. The fourth-order valence-electron chi connectivity index (χ4n) is 7.71. The number of carbonyl (C=O) groups is 1. The number of nitrogens with zero attached hydrogens (tertiary/aromatic N) is 2. The monoisotopic (exact) mass is 511 g/mol. The minimum Gasteiger partial charge on any atom is -0.508 e. The number of pyridine rings is 1. The SMILES string of the molecule is O=C(Nc1cnc2ccccc2c1)C1=C(O)[C@@H]2Oc3c(O)ccc4c3[C@@]23CCN(CC2CC2)[C@H](C4)[C@]3(O)C1. The molecule has 1 amide bonds. The Balaban J connectivity index is 1.23. The summed E-state index contributed by atoms with van der Waals surface area (Å²) in [6.07, 6.45) is 4.26. The molecule has 2 aliphatic heterocycles. The lowest BCUT2D eigenvalue weighted by molar-refractivity contribution is -0.172. The Morgan fingerprint density at radius 1 is 1.18 bits per heavy atom. The molecule has 5 aliphatic rings. The summed E-state index contributed by atoms with van der Waals surface area (Å²) in [4.78, 5) is 20.5. The molecule has 1 aromatic heterocycles. The van der Waals surface area contributed by atoms with Crippen LogP contribution in [-0.2, 0) is 16.6 Å². The molecule has 38 heavy (non-hydrogen) atoms. The molecule has 3 aliphatic carbocycles. The molecule has 2 fully saturated rings. The maximum Gasteiger partial charge on any atom is 0.255 e. The molecule has 0 unspecified atom stereocenters. The van der Waals surface area contributed by atoms with Crippen LogP contribution in [0.4, 0.5) is 5.69 Å². The third-order valence-electron chi connectivity index (χ3n) is 9.64. The molecule has 1 saturated carbocycles. The van der Waals surface area contributed by atoms with E-state index >= 15 is 0 Å². The number of aliphatic hydroxyl groups excluding tert-OH is 1. The Bertz CT molecular complexity index is 1560. The number of likely N-dealkylation sites (tertiary alicyclic amines) is 1. The van der Waals surface area contributed by atoms with Crippen LogP contribution < -0.4 is 10.1 Å². The first-order chi connectivity index (χ1) is 18.4. The third-order valence-corrected chi connectivity index (χ3v) is 9.64. The maximum atomic E-state index is 13.7. The van der Waals surface area contributed by atoms with Crippen LogP contribution in [-0.4, -0.2) is 61.9 Å². The van der Waals surface area contributed by atoms with Crippen LogP contribution in [0.15, 0.2) is 60.0 Å². The highest BCUT2D eigenvalue weighted by molar-refractivity contribution is 6.05. The van der Waals surface area contributed by atoms with E-state index in [4.69, 9.17) is 4.74 Å². The molecule has 1 spiro atoms. The number of phenols is 1. The fraction of sp³-hybridized carbons (Fsp3) is 0.400. The van der Waals surface area contributed by atoms with Crippen molar-refractivity contribution >= 4 is 22.5 Å². The molecule has 2 bridgehead atoms. The Labute approximate surface area is 219 Å². The van der Waals surface area contributed by atoms with E-state index in [1.807, 2.05) is 36.4 Å². The van der Waals surface area contributed by atoms with Gasteiger partial charge in [0.2, 0.25) is 0 Å². The van der Waals surface area contributed by atoms with Crippen molar-refractivity contribution in [3.8, 4) is 11.5 Å². The number of piperidine rings is 1. The predicted molar refractivity (Wildman–Crippen MR) is 140 cm³/mol. The standard InChI is InChI=1S/C30H29N3O5/c34-22-8-7-18-12-23-30(37)13-20(28(36)32-19-11-17-3-1-2-4-21(17)31-14-19)25(35)27-29(30,24(18)26(22)38-27)9-10-33(23)15-16-5-6-16/h1-4,7-8,11,14,16,23,27,34-35,37H,5-6,9-10,12-13,15H2,(H,32,36)/t23-,27+,29+,30-/m1/s1. The van der Waals surface area contributed by atoms with Crippen LogP contribution in [0.5, 0.6) is 11.5 Å². The van der Waals surface area contributed by atoms with Gasteiger partial charge < -0.3 is 25.4 Å². The number of aromatic hydroxyl groups is 1. The molecule has 194 valence electrons. The summed E-state index contributed by atoms with van der Waals surface area (Å²) in [5.41, 5.74) is 1.04. The molecule has 8 heteroatoms. The Hall–Kier alpha value is -3.62. The fourth-order valence-corrected chi connectivity index (χ4v) is 7.71.